The lowest BCUT2D eigenvalue weighted by atomic mass is 10.1. The van der Waals surface area contributed by atoms with Gasteiger partial charge in [-0.1, -0.05) is 36.1 Å². The Morgan fingerprint density at radius 3 is 2.41 bits per heavy atom. The Kier molecular flexibility index (Phi) is 6.70. The van der Waals surface area contributed by atoms with Crippen LogP contribution in [-0.2, 0) is 19.1 Å². The highest BCUT2D eigenvalue weighted by molar-refractivity contribution is 8.26. The van der Waals surface area contributed by atoms with E-state index in [0.29, 0.717) is 11.1 Å². The van der Waals surface area contributed by atoms with E-state index in [0.717, 1.165) is 16.7 Å². The molecule has 2 N–H and O–H groups in total. The molecule has 1 fully saturated rings. The molecule has 8 nitrogen and oxygen atoms in total. The number of esters is 1. The zero-order chi connectivity index (χ0) is 20.1. The first-order valence-corrected chi connectivity index (χ1v) is 8.87. The Balaban J connectivity index is 2.23. The molecule has 1 amide bonds. The Bertz CT molecular complexity index is 832. The number of thioether (sulfide) groups is 1. The molecule has 2 rings (SSSR count). The second-order valence-corrected chi connectivity index (χ2v) is 7.13. The van der Waals surface area contributed by atoms with Crippen molar-refractivity contribution in [2.24, 2.45) is 0 Å². The number of benzene rings is 1. The van der Waals surface area contributed by atoms with Gasteiger partial charge in [0.15, 0.2) is 0 Å². The Morgan fingerprint density at radius 2 is 1.89 bits per heavy atom. The minimum atomic E-state index is -1.35. The van der Waals surface area contributed by atoms with Gasteiger partial charge in [0.2, 0.25) is 0 Å². The topological polar surface area (TPSA) is 121 Å². The maximum absolute atomic E-state index is 12.6. The first kappa shape index (κ1) is 20.6. The van der Waals surface area contributed by atoms with Gasteiger partial charge >= 0.3 is 17.9 Å². The molecule has 1 heterocycles. The molecule has 1 aliphatic rings. The number of carboxylic acid groups (broad SMARTS) is 2. The maximum atomic E-state index is 12.6. The van der Waals surface area contributed by atoms with Gasteiger partial charge in [-0.3, -0.25) is 14.5 Å². The number of nitrogens with zero attached hydrogens (tertiary/aromatic N) is 1. The van der Waals surface area contributed by atoms with Gasteiger partial charge in [-0.25, -0.2) is 9.59 Å². The number of rotatable bonds is 7. The Labute approximate surface area is 163 Å². The van der Waals surface area contributed by atoms with Crippen molar-refractivity contribution in [2.45, 2.75) is 18.9 Å². The van der Waals surface area contributed by atoms with Gasteiger partial charge in [0.05, 0.1) is 17.6 Å². The Morgan fingerprint density at radius 1 is 1.26 bits per heavy atom. The second-order valence-electron chi connectivity index (χ2n) is 5.45. The molecule has 0 aromatic heterocycles. The van der Waals surface area contributed by atoms with Gasteiger partial charge in [0.25, 0.3) is 5.91 Å². The van der Waals surface area contributed by atoms with Gasteiger partial charge in [-0.2, -0.15) is 0 Å². The van der Waals surface area contributed by atoms with Crippen LogP contribution in [0.15, 0.2) is 29.2 Å². The first-order valence-electron chi connectivity index (χ1n) is 7.64. The van der Waals surface area contributed by atoms with Gasteiger partial charge in [0, 0.05) is 6.42 Å². The van der Waals surface area contributed by atoms with Crippen LogP contribution in [0.5, 0.6) is 0 Å². The lowest BCUT2D eigenvalue weighted by molar-refractivity contribution is -0.146. The molecule has 142 valence electrons. The van der Waals surface area contributed by atoms with E-state index >= 15 is 0 Å². The molecule has 0 spiro atoms. The predicted octanol–water partition coefficient (Wildman–Crippen LogP) is 1.99. The van der Waals surface area contributed by atoms with Crippen LogP contribution >= 0.6 is 24.0 Å². The molecule has 1 aromatic carbocycles. The van der Waals surface area contributed by atoms with Crippen LogP contribution in [0.2, 0.25) is 0 Å². The van der Waals surface area contributed by atoms with Crippen molar-refractivity contribution in [3.8, 4) is 0 Å². The van der Waals surface area contributed by atoms with Crippen LogP contribution < -0.4 is 0 Å². The van der Waals surface area contributed by atoms with E-state index < -0.39 is 36.3 Å². The van der Waals surface area contributed by atoms with Crippen molar-refractivity contribution in [1.82, 2.24) is 4.90 Å². The summed E-state index contributed by atoms with van der Waals surface area (Å²) in [6, 6.07) is 4.94. The molecule has 1 unspecified atom stereocenters. The molecule has 1 aliphatic heterocycles. The summed E-state index contributed by atoms with van der Waals surface area (Å²) in [6.07, 6.45) is 0.872. The predicted molar refractivity (Wildman–Crippen MR) is 101 cm³/mol. The second kappa shape index (κ2) is 8.78. The molecule has 0 saturated carbocycles. The monoisotopic (exact) mass is 409 g/mol. The summed E-state index contributed by atoms with van der Waals surface area (Å²) in [4.78, 5) is 47.4. The highest BCUT2D eigenvalue weighted by Gasteiger charge is 2.40. The summed E-state index contributed by atoms with van der Waals surface area (Å²) >= 11 is 6.05. The van der Waals surface area contributed by atoms with Crippen LogP contribution in [0.4, 0.5) is 0 Å². The third-order valence-electron chi connectivity index (χ3n) is 3.68. The molecular formula is C17H15NO7S2. The largest absolute Gasteiger partial charge is 0.481 e. The number of hydrogen-bond acceptors (Lipinski definition) is 7. The maximum Gasteiger partial charge on any atom is 0.337 e. The third kappa shape index (κ3) is 4.92. The average Bonchev–Trinajstić information content (AvgIpc) is 2.89. The SMILES string of the molecule is COC(=O)c1ccc(/C=C2\SC(=S)N(C(CCC(=O)O)C(=O)O)C2=O)cc1. The fraction of sp³-hybridized carbons (Fsp3) is 0.235. The van der Waals surface area contributed by atoms with E-state index in [1.165, 1.54) is 25.3 Å². The molecule has 1 aromatic rings. The molecule has 1 atom stereocenters. The fourth-order valence-electron chi connectivity index (χ4n) is 2.36. The van der Waals surface area contributed by atoms with Crippen molar-refractivity contribution >= 4 is 58.2 Å². The molecule has 0 radical (unpaired) electrons. The van der Waals surface area contributed by atoms with E-state index in [4.69, 9.17) is 17.3 Å². The molecule has 1 saturated heterocycles. The van der Waals surface area contributed by atoms with Crippen molar-refractivity contribution in [2.75, 3.05) is 7.11 Å². The quantitative estimate of drug-likeness (QED) is 0.395. The zero-order valence-corrected chi connectivity index (χ0v) is 15.7. The lowest BCUT2D eigenvalue weighted by Gasteiger charge is -2.22. The number of carbonyl (C=O) groups is 4. The molecular weight excluding hydrogens is 394 g/mol. The summed E-state index contributed by atoms with van der Waals surface area (Å²) in [5.41, 5.74) is 0.961. The van der Waals surface area contributed by atoms with Gasteiger partial charge in [-0.15, -0.1) is 0 Å². The molecule has 0 aliphatic carbocycles. The molecule has 27 heavy (non-hydrogen) atoms. The van der Waals surface area contributed by atoms with E-state index in [-0.39, 0.29) is 15.6 Å². The number of thiocarbonyl (C=S) groups is 1. The first-order chi connectivity index (χ1) is 12.7. The number of aliphatic carboxylic acids is 2. The molecule has 0 bridgehead atoms. The minimum Gasteiger partial charge on any atom is -0.481 e. The van der Waals surface area contributed by atoms with Gasteiger partial charge < -0.3 is 14.9 Å². The summed E-state index contributed by atoms with van der Waals surface area (Å²) < 4.78 is 4.66. The van der Waals surface area contributed by atoms with Crippen LogP contribution in [0, 0.1) is 0 Å². The summed E-state index contributed by atoms with van der Waals surface area (Å²) in [6.45, 7) is 0. The number of methoxy groups -OCH3 is 1. The van der Waals surface area contributed by atoms with Crippen molar-refractivity contribution in [3.05, 3.63) is 40.3 Å². The minimum absolute atomic E-state index is 0.0511. The highest BCUT2D eigenvalue weighted by atomic mass is 32.2. The summed E-state index contributed by atoms with van der Waals surface area (Å²) in [7, 11) is 1.27. The van der Waals surface area contributed by atoms with Crippen LogP contribution in [-0.4, -0.2) is 56.4 Å². The van der Waals surface area contributed by atoms with Gasteiger partial charge in [-0.05, 0) is 30.2 Å². The number of hydrogen-bond donors (Lipinski definition) is 2. The number of amides is 1. The van der Waals surface area contributed by atoms with E-state index in [1.807, 2.05) is 0 Å². The highest BCUT2D eigenvalue weighted by Crippen LogP contribution is 2.35. The third-order valence-corrected chi connectivity index (χ3v) is 5.01. The summed E-state index contributed by atoms with van der Waals surface area (Å²) in [5, 5.41) is 18.1. The standard InChI is InChI=1S/C17H15NO7S2/c1-25-16(24)10-4-2-9(3-5-10)8-12-14(21)18(17(26)27-12)11(15(22)23)6-7-13(19)20/h2-5,8,11H,6-7H2,1H3,(H,19,20)(H,22,23)/b12-8-. The van der Waals surface area contributed by atoms with Crippen LogP contribution in [0.25, 0.3) is 6.08 Å². The molecule has 10 heteroatoms. The Hall–Kier alpha value is -2.72. The average molecular weight is 409 g/mol. The normalized spacial score (nSPS) is 16.5. The van der Waals surface area contributed by atoms with Gasteiger partial charge in [0.1, 0.15) is 10.4 Å². The number of carboxylic acids is 2. The van der Waals surface area contributed by atoms with Crippen molar-refractivity contribution < 1.29 is 34.1 Å². The van der Waals surface area contributed by atoms with E-state index in [1.54, 1.807) is 12.1 Å². The van der Waals surface area contributed by atoms with Crippen molar-refractivity contribution in [1.29, 1.82) is 0 Å². The lowest BCUT2D eigenvalue weighted by Crippen LogP contribution is -2.44. The summed E-state index contributed by atoms with van der Waals surface area (Å²) in [5.74, 6) is -3.57. The van der Waals surface area contributed by atoms with Crippen molar-refractivity contribution in [3.63, 3.8) is 0 Å². The number of carbonyl (C=O) groups excluding carboxylic acids is 2. The fourth-order valence-corrected chi connectivity index (χ4v) is 3.71. The number of ether oxygens (including phenoxy) is 1. The van der Waals surface area contributed by atoms with Crippen LogP contribution in [0.1, 0.15) is 28.8 Å². The van der Waals surface area contributed by atoms with E-state index in [2.05, 4.69) is 4.74 Å². The smallest absolute Gasteiger partial charge is 0.337 e. The van der Waals surface area contributed by atoms with E-state index in [9.17, 15) is 24.3 Å². The zero-order valence-electron chi connectivity index (χ0n) is 14.1. The van der Waals surface area contributed by atoms with Crippen LogP contribution in [0.3, 0.4) is 0 Å².